The van der Waals surface area contributed by atoms with Gasteiger partial charge in [0.05, 0.1) is 27.3 Å². The molecule has 0 spiro atoms. The first kappa shape index (κ1) is 25.5. The van der Waals surface area contributed by atoms with Gasteiger partial charge in [-0.05, 0) is 6.58 Å². The Morgan fingerprint density at radius 3 is 1.76 bits per heavy atom. The average molecular weight is 506 g/mol. The van der Waals surface area contributed by atoms with E-state index in [1.165, 1.54) is 14.2 Å². The molecule has 7 nitrogen and oxygen atoms in total. The Bertz CT molecular complexity index is 279. The van der Waals surface area contributed by atoms with Crippen molar-refractivity contribution < 1.29 is 44.9 Å². The quantitative estimate of drug-likeness (QED) is 0.291. The van der Waals surface area contributed by atoms with E-state index in [-0.39, 0.29) is 62.4 Å². The van der Waals surface area contributed by atoms with Gasteiger partial charge in [-0.1, -0.05) is 0 Å². The zero-order valence-corrected chi connectivity index (χ0v) is 16.9. The Hall–Kier alpha value is -0.502. The molecule has 0 rings (SSSR count). The first-order chi connectivity index (χ1) is 9.40. The molecule has 2 N–H and O–H groups in total. The summed E-state index contributed by atoms with van der Waals surface area (Å²) in [6.45, 7) is 10.6. The third kappa shape index (κ3) is 19.5. The molecule has 0 saturated heterocycles. The topological polar surface area (TPSA) is 93.7 Å². The van der Waals surface area contributed by atoms with Gasteiger partial charge in [0.25, 0.3) is 0 Å². The predicted molar refractivity (Wildman–Crippen MR) is 81.9 cm³/mol. The molecule has 0 aromatic carbocycles. The zero-order valence-electron chi connectivity index (χ0n) is 12.0. The molecule has 2 atom stereocenters. The summed E-state index contributed by atoms with van der Waals surface area (Å²) < 4.78 is 8.90. The Kier molecular flexibility index (Phi) is 21.3. The van der Waals surface area contributed by atoms with Crippen LogP contribution in [0.3, 0.4) is 0 Å². The summed E-state index contributed by atoms with van der Waals surface area (Å²) in [6, 6.07) is 0. The van der Waals surface area contributed by atoms with Crippen LogP contribution in [0.5, 0.6) is 0 Å². The largest absolute Gasteiger partial charge is 2.00 e. The van der Waals surface area contributed by atoms with Crippen LogP contribution < -0.4 is 10.6 Å². The van der Waals surface area contributed by atoms with E-state index in [2.05, 4.69) is 40.0 Å². The number of ether oxygens (including phenoxy) is 2. The van der Waals surface area contributed by atoms with E-state index in [1.807, 2.05) is 0 Å². The summed E-state index contributed by atoms with van der Waals surface area (Å²) in [6.07, 6.45) is -0.591. The number of carbonyl (C=O) groups excluding carboxylic acids is 3. The molecule has 21 heavy (non-hydrogen) atoms. The van der Waals surface area contributed by atoms with Crippen molar-refractivity contribution in [3.63, 3.8) is 0 Å². The molecule has 0 aromatic rings. The van der Waals surface area contributed by atoms with Gasteiger partial charge in [-0.3, -0.25) is 9.59 Å². The number of methoxy groups -OCH3 is 2. The van der Waals surface area contributed by atoms with E-state index >= 15 is 0 Å². The van der Waals surface area contributed by atoms with Crippen molar-refractivity contribution in [2.45, 2.75) is 0 Å². The molecule has 0 bridgehead atoms. The summed E-state index contributed by atoms with van der Waals surface area (Å²) in [5, 5.41) is 4.92. The predicted octanol–water partition coefficient (Wildman–Crippen LogP) is 1.03. The maximum Gasteiger partial charge on any atom is 2.00 e. The molecule has 0 aliphatic heterocycles. The van der Waals surface area contributed by atoms with Gasteiger partial charge in [-0.2, -0.15) is 0 Å². The molecule has 0 heterocycles. The van der Waals surface area contributed by atoms with E-state index in [0.29, 0.717) is 5.88 Å². The second-order valence-electron chi connectivity index (χ2n) is 3.03. The number of hydrogen-bond acceptors (Lipinski definition) is 6. The molecule has 0 fully saturated rings. The monoisotopic (exact) mass is 506 g/mol. The summed E-state index contributed by atoms with van der Waals surface area (Å²) >= 11 is 0. The minimum atomic E-state index is -0.591. The van der Waals surface area contributed by atoms with E-state index in [9.17, 15) is 14.4 Å². The van der Waals surface area contributed by atoms with Crippen molar-refractivity contribution in [2.75, 3.05) is 27.3 Å². The third-order valence-corrected chi connectivity index (χ3v) is 2.81. The van der Waals surface area contributed by atoms with Crippen molar-refractivity contribution in [2.24, 2.45) is 0 Å². The zero-order chi connectivity index (χ0) is 16.0. The van der Waals surface area contributed by atoms with E-state index in [0.717, 1.165) is 0 Å². The summed E-state index contributed by atoms with van der Waals surface area (Å²) in [7, 11) is 2.79. The first-order valence-electron chi connectivity index (χ1n) is 5.31. The molecule has 0 aliphatic carbocycles. The first-order valence-corrected chi connectivity index (χ1v) is 7.73. The van der Waals surface area contributed by atoms with Crippen molar-refractivity contribution in [1.82, 2.24) is 10.6 Å². The Labute approximate surface area is 143 Å². The normalized spacial score (nSPS) is 9.33. The van der Waals surface area contributed by atoms with Gasteiger partial charge in [-0.25, -0.2) is 22.0 Å². The van der Waals surface area contributed by atoms with Gasteiger partial charge < -0.3 is 33.4 Å². The summed E-state index contributed by atoms with van der Waals surface area (Å²) in [5.41, 5.74) is -0.0244. The van der Waals surface area contributed by atoms with Crippen LogP contribution in [-0.2, 0) is 40.1 Å². The van der Waals surface area contributed by atoms with Crippen LogP contribution in [0, 0.1) is 13.3 Å². The van der Waals surface area contributed by atoms with Crippen molar-refractivity contribution in [3.8, 4) is 0 Å². The fraction of sp³-hybridized carbons (Fsp3) is 0.364. The van der Waals surface area contributed by atoms with Gasteiger partial charge in [0, 0.05) is 0 Å². The maximum atomic E-state index is 10.6. The Balaban J connectivity index is -0.000000295. The minimum Gasteiger partial charge on any atom is -0.483 e. The second-order valence-corrected chi connectivity index (χ2v) is 4.85. The van der Waals surface area contributed by atoms with Crippen LogP contribution in [0.1, 0.15) is 0 Å². The van der Waals surface area contributed by atoms with Crippen LogP contribution in [0.15, 0.2) is 12.5 Å². The van der Waals surface area contributed by atoms with Crippen LogP contribution in [0.25, 0.3) is 0 Å². The van der Waals surface area contributed by atoms with E-state index < -0.39 is 6.09 Å². The molecule has 0 radical (unpaired) electrons. The third-order valence-electron chi connectivity index (χ3n) is 1.67. The fourth-order valence-electron chi connectivity index (χ4n) is 0.601. The fourth-order valence-corrected chi connectivity index (χ4v) is 1.03. The molecule has 2 unspecified atom stereocenters. The van der Waals surface area contributed by atoms with Gasteiger partial charge in [-0.15, -0.1) is 0 Å². The molecule has 10 heteroatoms. The van der Waals surface area contributed by atoms with Crippen molar-refractivity contribution in [1.29, 1.82) is 0 Å². The molecule has 120 valence electrons. The smallest absolute Gasteiger partial charge is 0.483 e. The summed E-state index contributed by atoms with van der Waals surface area (Å²) in [4.78, 5) is 31.5. The number of alkyl carbamates (subject to hydrolysis) is 1. The van der Waals surface area contributed by atoms with E-state index in [1.54, 1.807) is 0 Å². The van der Waals surface area contributed by atoms with E-state index in [4.69, 9.17) is 0 Å². The van der Waals surface area contributed by atoms with Crippen LogP contribution >= 0.6 is 17.2 Å². The van der Waals surface area contributed by atoms with Crippen LogP contribution in [0.2, 0.25) is 0 Å². The van der Waals surface area contributed by atoms with Gasteiger partial charge in [0.15, 0.2) is 5.88 Å². The molecular formula is C11H20N2O5P2W. The molecule has 1 amide bonds. The van der Waals surface area contributed by atoms with Gasteiger partial charge in [0.2, 0.25) is 0 Å². The standard InChI is InChI=1S/C6H11NO2P.C5H9NO3P.W/c1-5(9-2)7-4-6(8)10-3;1-9-5(8)6-3-4(7)10-2;/h7,10H,1,3-4H2,2H3;10H,2-3H2,1H3,(H,6,8);/q2*-1;+2. The molecule has 0 aromatic heterocycles. The molecule has 0 aliphatic rings. The number of rotatable bonds is 8. The molecular weight excluding hydrogens is 486 g/mol. The minimum absolute atomic E-state index is 0. The Morgan fingerprint density at radius 1 is 1.00 bits per heavy atom. The Morgan fingerprint density at radius 2 is 1.43 bits per heavy atom. The summed E-state index contributed by atoms with van der Waals surface area (Å²) in [5.74, 6) is 0.409. The SMILES string of the molecule is C=C(NCC(=O)P[CH2-])OC.[CH2-]PC(=O)CNC(=O)OC.[W+2]. The van der Waals surface area contributed by atoms with Crippen LogP contribution in [-0.4, -0.2) is 44.5 Å². The van der Waals surface area contributed by atoms with Crippen LogP contribution in [0.4, 0.5) is 4.79 Å². The number of carbonyl (C=O) groups is 3. The number of amides is 1. The second kappa shape index (κ2) is 17.5. The average Bonchev–Trinajstić information content (AvgIpc) is 2.49. The number of nitrogens with one attached hydrogen (secondary N) is 2. The number of hydrogen-bond donors (Lipinski definition) is 2. The maximum absolute atomic E-state index is 10.6. The van der Waals surface area contributed by atoms with Gasteiger partial charge >= 0.3 is 27.2 Å². The van der Waals surface area contributed by atoms with Crippen molar-refractivity contribution >= 4 is 34.3 Å². The van der Waals surface area contributed by atoms with Gasteiger partial charge in [0.1, 0.15) is 11.0 Å². The molecule has 0 saturated carbocycles. The van der Waals surface area contributed by atoms with Crippen molar-refractivity contribution in [3.05, 3.63) is 25.8 Å².